The molecule has 2 N–H and O–H groups in total. The molecule has 0 radical (unpaired) electrons. The van der Waals surface area contributed by atoms with Crippen molar-refractivity contribution in [2.45, 2.75) is 38.2 Å². The predicted molar refractivity (Wildman–Crippen MR) is 74.0 cm³/mol. The molecular formula is C14H20FNO3S. The van der Waals surface area contributed by atoms with Crippen LogP contribution in [0.2, 0.25) is 0 Å². The molecule has 0 spiro atoms. The Labute approximate surface area is 119 Å². The van der Waals surface area contributed by atoms with E-state index in [4.69, 9.17) is 5.11 Å². The molecule has 1 fully saturated rings. The van der Waals surface area contributed by atoms with E-state index >= 15 is 0 Å². The van der Waals surface area contributed by atoms with Crippen molar-refractivity contribution in [1.82, 2.24) is 4.72 Å². The van der Waals surface area contributed by atoms with E-state index in [0.29, 0.717) is 12.5 Å². The fourth-order valence-electron chi connectivity index (χ4n) is 2.28. The number of hydrogen-bond acceptors (Lipinski definition) is 3. The maximum absolute atomic E-state index is 13.3. The van der Waals surface area contributed by atoms with Crippen molar-refractivity contribution >= 4 is 10.0 Å². The Hall–Kier alpha value is -0.980. The Morgan fingerprint density at radius 3 is 2.55 bits per heavy atom. The quantitative estimate of drug-likeness (QED) is 0.845. The Kier molecular flexibility index (Phi) is 4.18. The first-order chi connectivity index (χ1) is 9.31. The van der Waals surface area contributed by atoms with E-state index in [0.717, 1.165) is 18.9 Å². The maximum Gasteiger partial charge on any atom is 0.240 e. The Morgan fingerprint density at radius 1 is 1.40 bits per heavy atom. The minimum Gasteiger partial charge on any atom is -0.392 e. The maximum atomic E-state index is 13.3. The highest BCUT2D eigenvalue weighted by Gasteiger charge is 2.45. The number of rotatable bonds is 6. The summed E-state index contributed by atoms with van der Waals surface area (Å²) < 4.78 is 40.3. The van der Waals surface area contributed by atoms with Gasteiger partial charge in [-0.05, 0) is 42.4 Å². The van der Waals surface area contributed by atoms with E-state index in [1.165, 1.54) is 12.1 Å². The van der Waals surface area contributed by atoms with Crippen molar-refractivity contribution in [3.8, 4) is 0 Å². The van der Waals surface area contributed by atoms with Crippen molar-refractivity contribution in [3.05, 3.63) is 29.6 Å². The minimum absolute atomic E-state index is 0.0116. The highest BCUT2D eigenvalue weighted by atomic mass is 32.2. The molecule has 4 nitrogen and oxygen atoms in total. The van der Waals surface area contributed by atoms with Crippen molar-refractivity contribution < 1.29 is 17.9 Å². The van der Waals surface area contributed by atoms with Crippen LogP contribution in [0.15, 0.2) is 23.1 Å². The molecule has 1 aliphatic carbocycles. The summed E-state index contributed by atoms with van der Waals surface area (Å²) in [6.07, 6.45) is 2.05. The lowest BCUT2D eigenvalue weighted by molar-refractivity contribution is 0.275. The normalized spacial score (nSPS) is 17.4. The smallest absolute Gasteiger partial charge is 0.240 e. The first-order valence-corrected chi connectivity index (χ1v) is 8.18. The van der Waals surface area contributed by atoms with Gasteiger partial charge in [-0.2, -0.15) is 0 Å². The molecule has 1 saturated carbocycles. The lowest BCUT2D eigenvalue weighted by atomic mass is 9.93. The number of nitrogens with one attached hydrogen (secondary N) is 1. The molecule has 20 heavy (non-hydrogen) atoms. The zero-order chi connectivity index (χ0) is 15.0. The van der Waals surface area contributed by atoms with Gasteiger partial charge in [0.15, 0.2) is 0 Å². The minimum atomic E-state index is -3.66. The van der Waals surface area contributed by atoms with Crippen LogP contribution in [0.4, 0.5) is 4.39 Å². The Morgan fingerprint density at radius 2 is 2.05 bits per heavy atom. The molecule has 0 unspecified atom stereocenters. The molecule has 0 saturated heterocycles. The van der Waals surface area contributed by atoms with Gasteiger partial charge < -0.3 is 5.11 Å². The van der Waals surface area contributed by atoms with Gasteiger partial charge in [-0.15, -0.1) is 0 Å². The number of sulfonamides is 1. The van der Waals surface area contributed by atoms with E-state index < -0.39 is 22.4 Å². The van der Waals surface area contributed by atoms with Crippen molar-refractivity contribution in [2.24, 2.45) is 11.3 Å². The summed E-state index contributed by atoms with van der Waals surface area (Å²) in [6, 6.07) is 3.45. The topological polar surface area (TPSA) is 66.4 Å². The fourth-order valence-corrected chi connectivity index (χ4v) is 3.47. The van der Waals surface area contributed by atoms with Gasteiger partial charge in [0, 0.05) is 12.1 Å². The molecule has 112 valence electrons. The van der Waals surface area contributed by atoms with Gasteiger partial charge in [0.05, 0.1) is 11.5 Å². The lowest BCUT2D eigenvalue weighted by Gasteiger charge is -2.20. The number of aliphatic hydroxyl groups excluding tert-OH is 1. The average molecular weight is 301 g/mol. The number of benzene rings is 1. The van der Waals surface area contributed by atoms with Crippen LogP contribution >= 0.6 is 0 Å². The van der Waals surface area contributed by atoms with Gasteiger partial charge >= 0.3 is 0 Å². The van der Waals surface area contributed by atoms with Gasteiger partial charge in [0.25, 0.3) is 0 Å². The van der Waals surface area contributed by atoms with Crippen LogP contribution in [0.1, 0.15) is 32.3 Å². The summed E-state index contributed by atoms with van der Waals surface area (Å²) in [5.41, 5.74) is 0.0465. The molecule has 0 amide bonds. The lowest BCUT2D eigenvalue weighted by Crippen LogP contribution is -2.32. The number of aliphatic hydroxyl groups is 1. The van der Waals surface area contributed by atoms with Crippen molar-refractivity contribution in [2.75, 3.05) is 6.54 Å². The van der Waals surface area contributed by atoms with Gasteiger partial charge in [-0.3, -0.25) is 0 Å². The van der Waals surface area contributed by atoms with Crippen LogP contribution < -0.4 is 4.72 Å². The van der Waals surface area contributed by atoms with Gasteiger partial charge in [-0.1, -0.05) is 13.8 Å². The molecule has 0 aliphatic heterocycles. The summed E-state index contributed by atoms with van der Waals surface area (Å²) in [7, 11) is -3.66. The van der Waals surface area contributed by atoms with E-state index in [2.05, 4.69) is 18.6 Å². The highest BCUT2D eigenvalue weighted by molar-refractivity contribution is 7.89. The summed E-state index contributed by atoms with van der Waals surface area (Å²) in [4.78, 5) is -0.0116. The summed E-state index contributed by atoms with van der Waals surface area (Å²) in [6.45, 7) is 4.05. The number of hydrogen-bond donors (Lipinski definition) is 2. The molecule has 1 aromatic carbocycles. The van der Waals surface area contributed by atoms with Crippen LogP contribution in [0.3, 0.4) is 0 Å². The third-order valence-electron chi connectivity index (χ3n) is 4.23. The van der Waals surface area contributed by atoms with Gasteiger partial charge in [0.2, 0.25) is 10.0 Å². The predicted octanol–water partition coefficient (Wildman–Crippen LogP) is 2.03. The molecule has 0 aromatic heterocycles. The first-order valence-electron chi connectivity index (χ1n) is 6.70. The number of halogens is 1. The van der Waals surface area contributed by atoms with E-state index in [-0.39, 0.29) is 15.9 Å². The first kappa shape index (κ1) is 15.4. The van der Waals surface area contributed by atoms with Gasteiger partial charge in [0.1, 0.15) is 5.82 Å². The molecule has 1 aliphatic rings. The second kappa shape index (κ2) is 5.42. The zero-order valence-electron chi connectivity index (χ0n) is 11.7. The monoisotopic (exact) mass is 301 g/mol. The largest absolute Gasteiger partial charge is 0.392 e. The third-order valence-corrected chi connectivity index (χ3v) is 5.63. The standard InChI is InChI=1S/C14H20FNO3S/c1-10(2)14(5-6-14)9-16-20(18,19)12-3-4-13(15)11(7-12)8-17/h3-4,7,10,16-17H,5-6,8-9H2,1-2H3. The SMILES string of the molecule is CC(C)C1(CNS(=O)(=O)c2ccc(F)c(CO)c2)CC1. The van der Waals surface area contributed by atoms with E-state index in [1.54, 1.807) is 0 Å². The molecule has 0 heterocycles. The van der Waals surface area contributed by atoms with Crippen LogP contribution in [-0.2, 0) is 16.6 Å². The van der Waals surface area contributed by atoms with Crippen LogP contribution in [0, 0.1) is 17.2 Å². The zero-order valence-corrected chi connectivity index (χ0v) is 12.5. The molecule has 0 atom stereocenters. The van der Waals surface area contributed by atoms with E-state index in [1.807, 2.05) is 0 Å². The van der Waals surface area contributed by atoms with Crippen molar-refractivity contribution in [1.29, 1.82) is 0 Å². The Balaban J connectivity index is 2.15. The highest BCUT2D eigenvalue weighted by Crippen LogP contribution is 2.51. The molecule has 0 bridgehead atoms. The summed E-state index contributed by atoms with van der Waals surface area (Å²) >= 11 is 0. The second-order valence-corrected chi connectivity index (χ2v) is 7.52. The fraction of sp³-hybridized carbons (Fsp3) is 0.571. The summed E-state index contributed by atoms with van der Waals surface area (Å²) in [5, 5.41) is 9.00. The van der Waals surface area contributed by atoms with E-state index in [9.17, 15) is 12.8 Å². The Bertz CT molecular complexity index is 594. The van der Waals surface area contributed by atoms with Crippen LogP contribution in [0.25, 0.3) is 0 Å². The molecule has 2 rings (SSSR count). The molecule has 6 heteroatoms. The summed E-state index contributed by atoms with van der Waals surface area (Å²) in [5.74, 6) is -0.182. The van der Waals surface area contributed by atoms with Crippen LogP contribution in [0.5, 0.6) is 0 Å². The van der Waals surface area contributed by atoms with Gasteiger partial charge in [-0.25, -0.2) is 17.5 Å². The molecular weight excluding hydrogens is 281 g/mol. The third kappa shape index (κ3) is 3.02. The molecule has 1 aromatic rings. The second-order valence-electron chi connectivity index (χ2n) is 5.75. The van der Waals surface area contributed by atoms with Crippen molar-refractivity contribution in [3.63, 3.8) is 0 Å². The van der Waals surface area contributed by atoms with Crippen LogP contribution in [-0.4, -0.2) is 20.1 Å². The average Bonchev–Trinajstić information content (AvgIpc) is 3.18.